The molecule has 0 atom stereocenters. The van der Waals surface area contributed by atoms with Crippen molar-refractivity contribution in [1.29, 1.82) is 0 Å². The number of benzene rings is 3. The number of amides is 3. The molecular weight excluding hydrogens is 471 g/mol. The summed E-state index contributed by atoms with van der Waals surface area (Å²) in [6.07, 6.45) is -4.39. The van der Waals surface area contributed by atoms with Crippen LogP contribution in [0.25, 0.3) is 0 Å². The predicted octanol–water partition coefficient (Wildman–Crippen LogP) is 6.59. The minimum Gasteiger partial charge on any atom is -0.444 e. The highest BCUT2D eigenvalue weighted by atomic mass is 19.4. The molecule has 4 rings (SSSR count). The molecule has 0 unspecified atom stereocenters. The van der Waals surface area contributed by atoms with Gasteiger partial charge in [-0.25, -0.2) is 9.59 Å². The molecule has 1 N–H and O–H groups in total. The van der Waals surface area contributed by atoms with Crippen molar-refractivity contribution in [3.05, 3.63) is 95.1 Å². The van der Waals surface area contributed by atoms with Gasteiger partial charge in [-0.3, -0.25) is 10.2 Å². The molecule has 3 aromatic rings. The Morgan fingerprint density at radius 2 is 1.69 bits per heavy atom. The zero-order valence-electron chi connectivity index (χ0n) is 19.7. The summed E-state index contributed by atoms with van der Waals surface area (Å²) in [4.78, 5) is 29.0. The molecule has 36 heavy (non-hydrogen) atoms. The Kier molecular flexibility index (Phi) is 7.47. The third-order valence-electron chi connectivity index (χ3n) is 5.86. The second-order valence-corrected chi connectivity index (χ2v) is 8.61. The Balaban J connectivity index is 1.46. The van der Waals surface area contributed by atoms with E-state index in [9.17, 15) is 22.8 Å². The van der Waals surface area contributed by atoms with E-state index in [0.717, 1.165) is 23.3 Å². The second-order valence-electron chi connectivity index (χ2n) is 8.61. The number of nitrogens with one attached hydrogen (secondary N) is 1. The Labute approximate surface area is 207 Å². The smallest absolute Gasteiger partial charge is 0.416 e. The minimum absolute atomic E-state index is 0.109. The zero-order chi connectivity index (χ0) is 25.7. The maximum absolute atomic E-state index is 13.3. The van der Waals surface area contributed by atoms with Crippen LogP contribution < -0.4 is 10.2 Å². The molecular formula is C27H26F3N3O3. The zero-order valence-corrected chi connectivity index (χ0v) is 19.7. The van der Waals surface area contributed by atoms with Crippen molar-refractivity contribution in [3.8, 4) is 0 Å². The first-order chi connectivity index (χ1) is 17.2. The van der Waals surface area contributed by atoms with Gasteiger partial charge in [-0.15, -0.1) is 0 Å². The minimum atomic E-state index is -4.41. The van der Waals surface area contributed by atoms with Crippen molar-refractivity contribution in [2.45, 2.75) is 32.7 Å². The average Bonchev–Trinajstić information content (AvgIpc) is 2.85. The van der Waals surface area contributed by atoms with E-state index in [0.29, 0.717) is 36.4 Å². The van der Waals surface area contributed by atoms with Crippen LogP contribution in [-0.4, -0.2) is 30.1 Å². The molecule has 0 spiro atoms. The summed E-state index contributed by atoms with van der Waals surface area (Å²) in [5.41, 5.74) is 2.58. The van der Waals surface area contributed by atoms with Gasteiger partial charge in [0.2, 0.25) is 0 Å². The number of hydrogen-bond acceptors (Lipinski definition) is 3. The summed E-state index contributed by atoms with van der Waals surface area (Å²) in [6, 6.07) is 19.2. The molecule has 0 bridgehead atoms. The highest BCUT2D eigenvalue weighted by Gasteiger charge is 2.31. The fraction of sp³-hybridized carbons (Fsp3) is 0.259. The molecule has 3 aromatic carbocycles. The summed E-state index contributed by atoms with van der Waals surface area (Å²) < 4.78 is 43.9. The van der Waals surface area contributed by atoms with Crippen molar-refractivity contribution in [2.24, 2.45) is 0 Å². The van der Waals surface area contributed by atoms with Gasteiger partial charge in [-0.2, -0.15) is 13.2 Å². The van der Waals surface area contributed by atoms with Crippen molar-refractivity contribution in [2.75, 3.05) is 23.3 Å². The number of anilines is 2. The summed E-state index contributed by atoms with van der Waals surface area (Å²) in [6.45, 7) is 3.08. The van der Waals surface area contributed by atoms with Crippen molar-refractivity contribution in [3.63, 3.8) is 0 Å². The van der Waals surface area contributed by atoms with Gasteiger partial charge in [0.05, 0.1) is 16.9 Å². The molecule has 6 nitrogen and oxygen atoms in total. The fourth-order valence-electron chi connectivity index (χ4n) is 4.03. The van der Waals surface area contributed by atoms with E-state index in [4.69, 9.17) is 4.74 Å². The lowest BCUT2D eigenvalue weighted by molar-refractivity contribution is -0.137. The SMILES string of the molecule is Cc1ccc(N2CCCN(Cc3ccc(C(F)(F)F)cc3)C2=O)c(NC(=O)OCc2ccccc2)c1. The molecule has 1 fully saturated rings. The maximum atomic E-state index is 13.3. The van der Waals surface area contributed by atoms with Crippen molar-refractivity contribution in [1.82, 2.24) is 4.90 Å². The van der Waals surface area contributed by atoms with Crippen LogP contribution in [0.2, 0.25) is 0 Å². The number of carbonyl (C=O) groups is 2. The van der Waals surface area contributed by atoms with Crippen LogP contribution in [-0.2, 0) is 24.1 Å². The van der Waals surface area contributed by atoms with Gasteiger partial charge < -0.3 is 9.64 Å². The lowest BCUT2D eigenvalue weighted by Gasteiger charge is -2.36. The quantitative estimate of drug-likeness (QED) is 0.418. The van der Waals surface area contributed by atoms with E-state index in [1.807, 2.05) is 43.3 Å². The number of halogens is 3. The lowest BCUT2D eigenvalue weighted by atomic mass is 10.1. The van der Waals surface area contributed by atoms with E-state index in [2.05, 4.69) is 5.32 Å². The van der Waals surface area contributed by atoms with E-state index >= 15 is 0 Å². The van der Waals surface area contributed by atoms with Crippen LogP contribution in [0.5, 0.6) is 0 Å². The first kappa shape index (κ1) is 25.1. The van der Waals surface area contributed by atoms with Crippen molar-refractivity contribution < 1.29 is 27.5 Å². The Morgan fingerprint density at radius 3 is 2.39 bits per heavy atom. The number of urea groups is 1. The second kappa shape index (κ2) is 10.7. The summed E-state index contributed by atoms with van der Waals surface area (Å²) in [7, 11) is 0. The molecule has 0 aromatic heterocycles. The number of carbonyl (C=O) groups excluding carboxylic acids is 2. The number of rotatable bonds is 6. The topological polar surface area (TPSA) is 61.9 Å². The van der Waals surface area contributed by atoms with Gasteiger partial charge in [0, 0.05) is 19.6 Å². The van der Waals surface area contributed by atoms with E-state index in [1.54, 1.807) is 21.9 Å². The van der Waals surface area contributed by atoms with Crippen LogP contribution in [0, 0.1) is 6.92 Å². The van der Waals surface area contributed by atoms with Crippen LogP contribution in [0.3, 0.4) is 0 Å². The monoisotopic (exact) mass is 497 g/mol. The molecule has 0 saturated carbocycles. The van der Waals surface area contributed by atoms with Crippen molar-refractivity contribution >= 4 is 23.5 Å². The molecule has 1 aliphatic heterocycles. The molecule has 0 radical (unpaired) electrons. The molecule has 9 heteroatoms. The Bertz CT molecular complexity index is 1210. The fourth-order valence-corrected chi connectivity index (χ4v) is 4.03. The van der Waals surface area contributed by atoms with Gasteiger partial charge in [-0.05, 0) is 54.3 Å². The van der Waals surface area contributed by atoms with Crippen LogP contribution in [0.15, 0.2) is 72.8 Å². The third-order valence-corrected chi connectivity index (χ3v) is 5.86. The van der Waals surface area contributed by atoms with E-state index < -0.39 is 17.8 Å². The van der Waals surface area contributed by atoms with Gasteiger partial charge in [0.15, 0.2) is 0 Å². The Morgan fingerprint density at radius 1 is 0.972 bits per heavy atom. The molecule has 1 saturated heterocycles. The van der Waals surface area contributed by atoms with Gasteiger partial charge in [0.1, 0.15) is 6.61 Å². The molecule has 1 heterocycles. The normalized spacial score (nSPS) is 14.1. The average molecular weight is 498 g/mol. The standard InChI is InChI=1S/C27H26F3N3O3/c1-19-8-13-24(23(16-19)31-25(34)36-18-21-6-3-2-4-7-21)33-15-5-14-32(26(33)35)17-20-9-11-22(12-10-20)27(28,29)30/h2-4,6-13,16H,5,14-15,17-18H2,1H3,(H,31,34). The van der Waals surface area contributed by atoms with Gasteiger partial charge in [-0.1, -0.05) is 48.5 Å². The third kappa shape index (κ3) is 6.16. The maximum Gasteiger partial charge on any atom is 0.416 e. The molecule has 0 aliphatic carbocycles. The largest absolute Gasteiger partial charge is 0.444 e. The lowest BCUT2D eigenvalue weighted by Crippen LogP contribution is -2.49. The van der Waals surface area contributed by atoms with Gasteiger partial charge in [0.25, 0.3) is 0 Å². The highest BCUT2D eigenvalue weighted by molar-refractivity contribution is 5.99. The predicted molar refractivity (Wildman–Crippen MR) is 131 cm³/mol. The summed E-state index contributed by atoms with van der Waals surface area (Å²) in [5, 5.41) is 2.74. The Hall–Kier alpha value is -4.01. The van der Waals surface area contributed by atoms with Gasteiger partial charge >= 0.3 is 18.3 Å². The van der Waals surface area contributed by atoms with Crippen LogP contribution in [0.1, 0.15) is 28.7 Å². The number of hydrogen-bond donors (Lipinski definition) is 1. The first-order valence-electron chi connectivity index (χ1n) is 11.5. The van der Waals surface area contributed by atoms with E-state index in [1.165, 1.54) is 12.1 Å². The molecule has 3 amide bonds. The van der Waals surface area contributed by atoms with Crippen LogP contribution in [0.4, 0.5) is 34.1 Å². The van der Waals surface area contributed by atoms with Crippen LogP contribution >= 0.6 is 0 Å². The number of nitrogens with zero attached hydrogens (tertiary/aromatic N) is 2. The summed E-state index contributed by atoms with van der Waals surface area (Å²) in [5.74, 6) is 0. The number of alkyl halides is 3. The summed E-state index contributed by atoms with van der Waals surface area (Å²) >= 11 is 0. The number of aryl methyl sites for hydroxylation is 1. The highest BCUT2D eigenvalue weighted by Crippen LogP contribution is 2.32. The molecule has 1 aliphatic rings. The van der Waals surface area contributed by atoms with E-state index in [-0.39, 0.29) is 19.2 Å². The first-order valence-corrected chi connectivity index (χ1v) is 11.5. The number of ether oxygens (including phenoxy) is 1. The molecule has 188 valence electrons.